The average molecular weight is 254 g/mol. The van der Waals surface area contributed by atoms with Gasteiger partial charge in [-0.2, -0.15) is 0 Å². The number of methoxy groups -OCH3 is 1. The summed E-state index contributed by atoms with van der Waals surface area (Å²) in [6, 6.07) is 0. The Hall–Kier alpha value is 0.0300. The van der Waals surface area contributed by atoms with Gasteiger partial charge in [0.2, 0.25) is 0 Å². The van der Waals surface area contributed by atoms with Gasteiger partial charge in [-0.05, 0) is 0 Å². The Morgan fingerprint density at radius 3 is 2.19 bits per heavy atom. The first kappa shape index (κ1) is 14.1. The minimum absolute atomic E-state index is 0.311. The van der Waals surface area contributed by atoms with E-state index in [1.54, 1.807) is 7.11 Å². The predicted molar refractivity (Wildman–Crippen MR) is 57.9 cm³/mol. The first-order chi connectivity index (χ1) is 7.77. The van der Waals surface area contributed by atoms with E-state index < -0.39 is 7.60 Å². The van der Waals surface area contributed by atoms with Gasteiger partial charge in [0, 0.05) is 7.11 Å². The van der Waals surface area contributed by atoms with Crippen molar-refractivity contribution in [1.82, 2.24) is 0 Å². The Bertz CT molecular complexity index is 212. The summed E-state index contributed by atoms with van der Waals surface area (Å²) in [5, 5.41) is 0. The van der Waals surface area contributed by atoms with Crippen LogP contribution in [0.2, 0.25) is 0 Å². The van der Waals surface area contributed by atoms with Crippen LogP contribution in [0.5, 0.6) is 0 Å². The van der Waals surface area contributed by atoms with Gasteiger partial charge in [-0.1, -0.05) is 0 Å². The van der Waals surface area contributed by atoms with Gasteiger partial charge >= 0.3 is 7.60 Å². The third kappa shape index (κ3) is 5.94. The van der Waals surface area contributed by atoms with Crippen molar-refractivity contribution in [2.75, 3.05) is 59.5 Å². The van der Waals surface area contributed by atoms with Crippen LogP contribution in [0.4, 0.5) is 0 Å². The maximum Gasteiger partial charge on any atom is 0.333 e. The quantitative estimate of drug-likeness (QED) is 0.450. The Labute approximate surface area is 95.7 Å². The molecule has 0 aliphatic carbocycles. The Morgan fingerprint density at radius 1 is 1.00 bits per heavy atom. The van der Waals surface area contributed by atoms with Crippen molar-refractivity contribution in [3.8, 4) is 0 Å². The van der Waals surface area contributed by atoms with Gasteiger partial charge in [0.25, 0.3) is 0 Å². The molecule has 0 aromatic heterocycles. The fourth-order valence-electron chi connectivity index (χ4n) is 1.16. The summed E-state index contributed by atoms with van der Waals surface area (Å²) < 4.78 is 36.9. The molecule has 6 nitrogen and oxygen atoms in total. The summed E-state index contributed by atoms with van der Waals surface area (Å²) in [6.45, 7) is 3.32. The van der Waals surface area contributed by atoms with E-state index in [0.717, 1.165) is 0 Å². The maximum absolute atomic E-state index is 11.6. The number of hydrogen-bond acceptors (Lipinski definition) is 6. The number of rotatable bonds is 9. The van der Waals surface area contributed by atoms with Crippen LogP contribution < -0.4 is 0 Å². The molecule has 0 saturated carbocycles. The van der Waals surface area contributed by atoms with Crippen molar-refractivity contribution in [1.29, 1.82) is 0 Å². The normalized spacial score (nSPS) is 19.1. The maximum atomic E-state index is 11.6. The lowest BCUT2D eigenvalue weighted by Gasteiger charge is -2.09. The van der Waals surface area contributed by atoms with Gasteiger partial charge < -0.3 is 23.3 Å². The zero-order chi connectivity index (χ0) is 11.7. The molecule has 1 rings (SSSR count). The lowest BCUT2D eigenvalue weighted by Crippen LogP contribution is -2.10. The van der Waals surface area contributed by atoms with Crippen molar-refractivity contribution < 1.29 is 27.8 Å². The lowest BCUT2D eigenvalue weighted by atomic mass is 10.7. The molecule has 0 aromatic rings. The molecule has 1 fully saturated rings. The fraction of sp³-hybridized carbons (Fsp3) is 1.00. The van der Waals surface area contributed by atoms with Gasteiger partial charge in [0.05, 0.1) is 52.4 Å². The molecule has 1 aliphatic rings. The zero-order valence-corrected chi connectivity index (χ0v) is 10.4. The van der Waals surface area contributed by atoms with Gasteiger partial charge in [0.1, 0.15) is 0 Å². The third-order valence-corrected chi connectivity index (χ3v) is 3.85. The van der Waals surface area contributed by atoms with Crippen LogP contribution in [0.15, 0.2) is 0 Å². The smallest absolute Gasteiger partial charge is 0.333 e. The minimum Gasteiger partial charge on any atom is -0.382 e. The van der Waals surface area contributed by atoms with Crippen LogP contribution in [0, 0.1) is 0 Å². The molecule has 0 spiro atoms. The highest BCUT2D eigenvalue weighted by Gasteiger charge is 2.29. The van der Waals surface area contributed by atoms with Gasteiger partial charge in [-0.25, -0.2) is 0 Å². The summed E-state index contributed by atoms with van der Waals surface area (Å²) in [5.41, 5.74) is 0. The summed E-state index contributed by atoms with van der Waals surface area (Å²) >= 11 is 0. The monoisotopic (exact) mass is 254 g/mol. The SMILES string of the molecule is COCCOCCOCCP1(=O)OCCO1. The topological polar surface area (TPSA) is 63.2 Å². The van der Waals surface area contributed by atoms with Gasteiger partial charge in [-0.15, -0.1) is 0 Å². The van der Waals surface area contributed by atoms with Crippen molar-refractivity contribution in [2.24, 2.45) is 0 Å². The second-order valence-electron chi connectivity index (χ2n) is 3.22. The van der Waals surface area contributed by atoms with Gasteiger partial charge in [0.15, 0.2) is 0 Å². The van der Waals surface area contributed by atoms with Crippen LogP contribution in [0.1, 0.15) is 0 Å². The van der Waals surface area contributed by atoms with Crippen LogP contribution in [-0.2, 0) is 27.8 Å². The lowest BCUT2D eigenvalue weighted by molar-refractivity contribution is 0.0278. The third-order valence-electron chi connectivity index (χ3n) is 1.97. The summed E-state index contributed by atoms with van der Waals surface area (Å²) in [5.74, 6) is 0. The average Bonchev–Trinajstić information content (AvgIpc) is 2.70. The molecule has 7 heteroatoms. The van der Waals surface area contributed by atoms with E-state index in [9.17, 15) is 4.57 Å². The van der Waals surface area contributed by atoms with Crippen molar-refractivity contribution in [2.45, 2.75) is 0 Å². The van der Waals surface area contributed by atoms with E-state index in [1.807, 2.05) is 0 Å². The van der Waals surface area contributed by atoms with E-state index in [1.165, 1.54) is 0 Å². The molecule has 0 unspecified atom stereocenters. The second-order valence-corrected chi connectivity index (χ2v) is 5.40. The first-order valence-electron chi connectivity index (χ1n) is 5.29. The highest BCUT2D eigenvalue weighted by atomic mass is 31.2. The molecule has 0 N–H and O–H groups in total. The molecular formula is C9H19O6P. The van der Waals surface area contributed by atoms with E-state index in [-0.39, 0.29) is 0 Å². The van der Waals surface area contributed by atoms with Crippen LogP contribution >= 0.6 is 7.60 Å². The van der Waals surface area contributed by atoms with Crippen molar-refractivity contribution in [3.05, 3.63) is 0 Å². The number of ether oxygens (including phenoxy) is 3. The standard InChI is InChI=1S/C9H19O6P/c1-11-2-3-12-4-5-13-8-9-16(10)14-6-7-15-16/h2-9H2,1H3. The Kier molecular flexibility index (Phi) is 7.20. The summed E-state index contributed by atoms with van der Waals surface area (Å²) in [6.07, 6.45) is 0.311. The van der Waals surface area contributed by atoms with Crippen LogP contribution in [-0.4, -0.2) is 59.5 Å². The van der Waals surface area contributed by atoms with Crippen LogP contribution in [0.25, 0.3) is 0 Å². The zero-order valence-electron chi connectivity index (χ0n) is 9.55. The van der Waals surface area contributed by atoms with Crippen LogP contribution in [0.3, 0.4) is 0 Å². The highest BCUT2D eigenvalue weighted by molar-refractivity contribution is 7.54. The van der Waals surface area contributed by atoms with Crippen molar-refractivity contribution in [3.63, 3.8) is 0 Å². The summed E-state index contributed by atoms with van der Waals surface area (Å²) in [7, 11) is -1.20. The summed E-state index contributed by atoms with van der Waals surface area (Å²) in [4.78, 5) is 0. The van der Waals surface area contributed by atoms with Crippen molar-refractivity contribution >= 4 is 7.60 Å². The predicted octanol–water partition coefficient (Wildman–Crippen LogP) is 0.906. The molecule has 96 valence electrons. The molecule has 1 aliphatic heterocycles. The largest absolute Gasteiger partial charge is 0.382 e. The molecule has 1 saturated heterocycles. The van der Waals surface area contributed by atoms with E-state index in [2.05, 4.69) is 0 Å². The van der Waals surface area contributed by atoms with E-state index in [4.69, 9.17) is 23.3 Å². The second kappa shape index (κ2) is 8.17. The minimum atomic E-state index is -2.82. The van der Waals surface area contributed by atoms with Gasteiger partial charge in [-0.3, -0.25) is 4.57 Å². The fourth-order valence-corrected chi connectivity index (χ4v) is 2.55. The Morgan fingerprint density at radius 2 is 1.56 bits per heavy atom. The molecule has 0 bridgehead atoms. The highest BCUT2D eigenvalue weighted by Crippen LogP contribution is 2.51. The number of hydrogen-bond donors (Lipinski definition) is 0. The Balaban J connectivity index is 1.86. The molecule has 16 heavy (non-hydrogen) atoms. The molecule has 0 aromatic carbocycles. The van der Waals surface area contributed by atoms with E-state index in [0.29, 0.717) is 52.4 Å². The van der Waals surface area contributed by atoms with E-state index >= 15 is 0 Å². The molecule has 0 amide bonds. The molecule has 1 heterocycles. The molecule has 0 radical (unpaired) electrons. The molecular weight excluding hydrogens is 235 g/mol. The molecule has 0 atom stereocenters. The first-order valence-corrected chi connectivity index (χ1v) is 7.02.